The predicted molar refractivity (Wildman–Crippen MR) is 76.3 cm³/mol. The van der Waals surface area contributed by atoms with E-state index in [-0.39, 0.29) is 6.61 Å². The summed E-state index contributed by atoms with van der Waals surface area (Å²) in [5.41, 5.74) is 0.775. The standard InChI is InChI=1S/C12H12N4O2S2/c1-16-8(6-17)5-13-12(16)20-7-10-14-11(15-18-10)9-3-2-4-19-9/h2-5,17H,6-7H2,1H3. The minimum atomic E-state index is -0.0207. The molecule has 3 heterocycles. The van der Waals surface area contributed by atoms with Crippen molar-refractivity contribution in [3.05, 3.63) is 35.3 Å². The molecule has 6 nitrogen and oxygen atoms in total. The third kappa shape index (κ3) is 2.62. The van der Waals surface area contributed by atoms with Crippen LogP contribution in [0.2, 0.25) is 0 Å². The second-order valence-corrected chi connectivity index (χ2v) is 5.92. The van der Waals surface area contributed by atoms with Gasteiger partial charge in [0, 0.05) is 7.05 Å². The molecule has 3 aromatic heterocycles. The molecule has 104 valence electrons. The van der Waals surface area contributed by atoms with Gasteiger partial charge in [0.05, 0.1) is 29.1 Å². The third-order valence-corrected chi connectivity index (χ3v) is 4.63. The molecule has 0 radical (unpaired) electrons. The van der Waals surface area contributed by atoms with E-state index in [1.807, 2.05) is 29.1 Å². The van der Waals surface area contributed by atoms with Crippen LogP contribution in [0.5, 0.6) is 0 Å². The minimum Gasteiger partial charge on any atom is -0.390 e. The highest BCUT2D eigenvalue weighted by Gasteiger charge is 2.12. The van der Waals surface area contributed by atoms with Crippen molar-refractivity contribution in [3.63, 3.8) is 0 Å². The van der Waals surface area contributed by atoms with Crippen molar-refractivity contribution in [1.29, 1.82) is 0 Å². The Hall–Kier alpha value is -1.64. The van der Waals surface area contributed by atoms with Crippen LogP contribution in [0.15, 0.2) is 33.4 Å². The molecule has 0 aromatic carbocycles. The summed E-state index contributed by atoms with van der Waals surface area (Å²) >= 11 is 3.07. The van der Waals surface area contributed by atoms with Crippen LogP contribution in [-0.4, -0.2) is 24.8 Å². The highest BCUT2D eigenvalue weighted by molar-refractivity contribution is 7.98. The van der Waals surface area contributed by atoms with Crippen molar-refractivity contribution in [3.8, 4) is 10.7 Å². The molecule has 0 atom stereocenters. The number of rotatable bonds is 5. The first kappa shape index (κ1) is 13.3. The Morgan fingerprint density at radius 2 is 2.40 bits per heavy atom. The predicted octanol–water partition coefficient (Wildman–Crippen LogP) is 2.32. The normalized spacial score (nSPS) is 11.1. The highest BCUT2D eigenvalue weighted by atomic mass is 32.2. The molecule has 0 amide bonds. The molecule has 0 saturated heterocycles. The second-order valence-electron chi connectivity index (χ2n) is 4.03. The molecule has 0 aliphatic carbocycles. The Bertz CT molecular complexity index is 690. The fourth-order valence-electron chi connectivity index (χ4n) is 1.65. The zero-order valence-corrected chi connectivity index (χ0v) is 12.3. The average molecular weight is 308 g/mol. The van der Waals surface area contributed by atoms with E-state index in [0.29, 0.717) is 17.5 Å². The first-order valence-corrected chi connectivity index (χ1v) is 7.75. The van der Waals surface area contributed by atoms with Crippen molar-refractivity contribution in [2.45, 2.75) is 17.5 Å². The van der Waals surface area contributed by atoms with Gasteiger partial charge in [0.2, 0.25) is 11.7 Å². The highest BCUT2D eigenvalue weighted by Crippen LogP contribution is 2.25. The molecule has 0 aliphatic rings. The van der Waals surface area contributed by atoms with Gasteiger partial charge in [0.1, 0.15) is 0 Å². The number of aliphatic hydroxyl groups is 1. The molecule has 8 heteroatoms. The van der Waals surface area contributed by atoms with Gasteiger partial charge in [-0.15, -0.1) is 11.3 Å². The Labute approximate surface area is 123 Å². The van der Waals surface area contributed by atoms with Gasteiger partial charge in [-0.1, -0.05) is 23.0 Å². The number of imidazole rings is 1. The van der Waals surface area contributed by atoms with Crippen molar-refractivity contribution in [2.75, 3.05) is 0 Å². The number of thiophene rings is 1. The van der Waals surface area contributed by atoms with Crippen molar-refractivity contribution < 1.29 is 9.63 Å². The lowest BCUT2D eigenvalue weighted by atomic mass is 10.4. The average Bonchev–Trinajstić information content (AvgIpc) is 3.17. The smallest absolute Gasteiger partial charge is 0.237 e. The van der Waals surface area contributed by atoms with Crippen molar-refractivity contribution in [2.24, 2.45) is 7.05 Å². The van der Waals surface area contributed by atoms with Crippen LogP contribution in [0.3, 0.4) is 0 Å². The summed E-state index contributed by atoms with van der Waals surface area (Å²) in [5.74, 6) is 1.73. The Morgan fingerprint density at radius 1 is 1.50 bits per heavy atom. The third-order valence-electron chi connectivity index (χ3n) is 2.74. The SMILES string of the molecule is Cn1c(CO)cnc1SCc1nc(-c2cccs2)no1. The fourth-order valence-corrected chi connectivity index (χ4v) is 3.11. The molecule has 1 N–H and O–H groups in total. The van der Waals surface area contributed by atoms with E-state index in [2.05, 4.69) is 15.1 Å². The van der Waals surface area contributed by atoms with Gasteiger partial charge in [0.15, 0.2) is 5.16 Å². The number of hydrogen-bond donors (Lipinski definition) is 1. The Kier molecular flexibility index (Phi) is 3.86. The zero-order valence-electron chi connectivity index (χ0n) is 10.7. The van der Waals surface area contributed by atoms with Gasteiger partial charge < -0.3 is 14.2 Å². The van der Waals surface area contributed by atoms with Crippen molar-refractivity contribution in [1.82, 2.24) is 19.7 Å². The second kappa shape index (κ2) is 5.78. The quantitative estimate of drug-likeness (QED) is 0.729. The summed E-state index contributed by atoms with van der Waals surface area (Å²) in [5, 5.41) is 15.9. The van der Waals surface area contributed by atoms with Crippen LogP contribution in [0.25, 0.3) is 10.7 Å². The molecule has 0 aliphatic heterocycles. The number of aromatic nitrogens is 4. The minimum absolute atomic E-state index is 0.0207. The number of thioether (sulfide) groups is 1. The van der Waals surface area contributed by atoms with Gasteiger partial charge in [-0.2, -0.15) is 4.98 Å². The van der Waals surface area contributed by atoms with Gasteiger partial charge in [-0.25, -0.2) is 4.98 Å². The lowest BCUT2D eigenvalue weighted by Gasteiger charge is -2.01. The van der Waals surface area contributed by atoms with Crippen LogP contribution >= 0.6 is 23.1 Å². The van der Waals surface area contributed by atoms with E-state index in [9.17, 15) is 0 Å². The maximum Gasteiger partial charge on any atom is 0.237 e. The monoisotopic (exact) mass is 308 g/mol. The van der Waals surface area contributed by atoms with Gasteiger partial charge in [0.25, 0.3) is 0 Å². The molecule has 3 rings (SSSR count). The van der Waals surface area contributed by atoms with E-state index in [1.165, 1.54) is 11.8 Å². The Morgan fingerprint density at radius 3 is 3.10 bits per heavy atom. The Balaban J connectivity index is 1.68. The maximum absolute atomic E-state index is 9.12. The van der Waals surface area contributed by atoms with Crippen LogP contribution in [0.1, 0.15) is 11.6 Å². The molecular weight excluding hydrogens is 296 g/mol. The fraction of sp³-hybridized carbons (Fsp3) is 0.250. The van der Waals surface area contributed by atoms with Crippen LogP contribution in [0.4, 0.5) is 0 Å². The first-order valence-electron chi connectivity index (χ1n) is 5.88. The maximum atomic E-state index is 9.12. The summed E-state index contributed by atoms with van der Waals surface area (Å²) in [6.07, 6.45) is 1.66. The summed E-state index contributed by atoms with van der Waals surface area (Å²) < 4.78 is 7.07. The largest absolute Gasteiger partial charge is 0.390 e. The van der Waals surface area contributed by atoms with Gasteiger partial charge in [-0.05, 0) is 11.4 Å². The lowest BCUT2D eigenvalue weighted by Crippen LogP contribution is -1.97. The first-order chi connectivity index (χ1) is 9.78. The van der Waals surface area contributed by atoms with Gasteiger partial charge in [-0.3, -0.25) is 0 Å². The molecule has 0 saturated carbocycles. The van der Waals surface area contributed by atoms with Gasteiger partial charge >= 0.3 is 0 Å². The summed E-state index contributed by atoms with van der Waals surface area (Å²) in [6, 6.07) is 3.91. The number of nitrogens with zero attached hydrogens (tertiary/aromatic N) is 4. The van der Waals surface area contributed by atoms with Crippen LogP contribution in [-0.2, 0) is 19.4 Å². The van der Waals surface area contributed by atoms with E-state index in [4.69, 9.17) is 9.63 Å². The number of hydrogen-bond acceptors (Lipinski definition) is 7. The molecule has 0 unspecified atom stereocenters. The summed E-state index contributed by atoms with van der Waals surface area (Å²) in [6.45, 7) is -0.0207. The van der Waals surface area contributed by atoms with Crippen LogP contribution in [0, 0.1) is 0 Å². The van der Waals surface area contributed by atoms with E-state index < -0.39 is 0 Å². The van der Waals surface area contributed by atoms with E-state index in [0.717, 1.165) is 15.7 Å². The van der Waals surface area contributed by atoms with E-state index >= 15 is 0 Å². The molecule has 20 heavy (non-hydrogen) atoms. The topological polar surface area (TPSA) is 77.0 Å². The molecule has 0 spiro atoms. The summed E-state index contributed by atoms with van der Waals surface area (Å²) in [7, 11) is 1.87. The zero-order chi connectivity index (χ0) is 13.9. The molecule has 0 bridgehead atoms. The number of aliphatic hydroxyl groups excluding tert-OH is 1. The van der Waals surface area contributed by atoms with Crippen molar-refractivity contribution >= 4 is 23.1 Å². The molecular formula is C12H12N4O2S2. The summed E-state index contributed by atoms with van der Waals surface area (Å²) in [4.78, 5) is 9.58. The lowest BCUT2D eigenvalue weighted by molar-refractivity contribution is 0.271. The van der Waals surface area contributed by atoms with Crippen LogP contribution < -0.4 is 0 Å². The molecule has 0 fully saturated rings. The molecule has 3 aromatic rings. The van der Waals surface area contributed by atoms with E-state index in [1.54, 1.807) is 17.5 Å².